The molecule has 0 bridgehead atoms. The molecule has 3 nitrogen and oxygen atoms in total. The number of hydrogen-bond donors (Lipinski definition) is 0. The lowest BCUT2D eigenvalue weighted by Gasteiger charge is -2.36. The van der Waals surface area contributed by atoms with Crippen LogP contribution in [0.1, 0.15) is 70.5 Å². The highest BCUT2D eigenvalue weighted by molar-refractivity contribution is 5.99. The minimum atomic E-state index is 0.0671. The van der Waals surface area contributed by atoms with E-state index in [1.807, 2.05) is 6.07 Å². The third-order valence-corrected chi connectivity index (χ3v) is 8.72. The van der Waals surface area contributed by atoms with Crippen molar-refractivity contribution in [1.29, 1.82) is 0 Å². The van der Waals surface area contributed by atoms with Crippen molar-refractivity contribution in [3.05, 3.63) is 71.3 Å². The van der Waals surface area contributed by atoms with Gasteiger partial charge in [0.1, 0.15) is 11.5 Å². The van der Waals surface area contributed by atoms with Crippen LogP contribution in [0.2, 0.25) is 0 Å². The molecule has 0 saturated heterocycles. The Kier molecular flexibility index (Phi) is 6.66. The van der Waals surface area contributed by atoms with Crippen LogP contribution in [0.4, 0.5) is 0 Å². The predicted octanol–water partition coefficient (Wildman–Crippen LogP) is 6.96. The van der Waals surface area contributed by atoms with Gasteiger partial charge in [-0.05, 0) is 79.9 Å². The molecule has 5 rings (SSSR count). The fraction of sp³-hybridized carbons (Fsp3) is 0.533. The smallest absolute Gasteiger partial charge is 0.159 e. The van der Waals surface area contributed by atoms with Crippen LogP contribution in [0, 0.1) is 29.6 Å². The number of carbonyl (C=O) groups excluding carboxylic acids is 2. The maximum Gasteiger partial charge on any atom is 0.159 e. The van der Waals surface area contributed by atoms with Gasteiger partial charge < -0.3 is 4.42 Å². The van der Waals surface area contributed by atoms with Crippen LogP contribution in [0.5, 0.6) is 0 Å². The van der Waals surface area contributed by atoms with Crippen molar-refractivity contribution < 1.29 is 14.0 Å². The number of Topliss-reactive ketones (excluding diaryl/α,β-unsaturated/α-hetero) is 2. The standard InChI is InChI=1S/C30H36O3/c1-2-20-10-5-13-24(20)28(31)15-16-29(32)27-19-26-22(18-23-12-7-17-33-23)11-6-14-25(26)30(27)21-8-3-4-9-21/h3-5,7-8,10,12,17,22,25-27,30H,2,6,9,11,13-16,18-19H2,1H3. The number of carbonyl (C=O) groups is 2. The van der Waals surface area contributed by atoms with Crippen LogP contribution in [0.15, 0.2) is 69.9 Å². The lowest BCUT2D eigenvalue weighted by Crippen LogP contribution is -2.30. The Morgan fingerprint density at radius 1 is 1.09 bits per heavy atom. The van der Waals surface area contributed by atoms with Gasteiger partial charge in [0.05, 0.1) is 6.26 Å². The fourth-order valence-electron chi connectivity index (χ4n) is 7.21. The molecule has 0 amide bonds. The normalized spacial score (nSPS) is 30.7. The molecular formula is C30H36O3. The van der Waals surface area contributed by atoms with Crippen molar-refractivity contribution in [2.75, 3.05) is 0 Å². The quantitative estimate of drug-likeness (QED) is 0.413. The average molecular weight is 445 g/mol. The molecule has 2 fully saturated rings. The van der Waals surface area contributed by atoms with E-state index in [1.165, 1.54) is 24.8 Å². The maximum atomic E-state index is 13.6. The number of hydrogen-bond acceptors (Lipinski definition) is 3. The van der Waals surface area contributed by atoms with Gasteiger partial charge >= 0.3 is 0 Å². The van der Waals surface area contributed by atoms with Gasteiger partial charge in [-0.3, -0.25) is 9.59 Å². The molecule has 1 heterocycles. The minimum absolute atomic E-state index is 0.0671. The number of rotatable bonds is 9. The van der Waals surface area contributed by atoms with E-state index in [0.717, 1.165) is 49.0 Å². The third-order valence-electron chi connectivity index (χ3n) is 8.72. The summed E-state index contributed by atoms with van der Waals surface area (Å²) in [6, 6.07) is 4.07. The second kappa shape index (κ2) is 9.83. The highest BCUT2D eigenvalue weighted by Crippen LogP contribution is 2.55. The second-order valence-corrected chi connectivity index (χ2v) is 10.4. The summed E-state index contributed by atoms with van der Waals surface area (Å²) in [5.41, 5.74) is 3.53. The molecule has 0 aliphatic heterocycles. The topological polar surface area (TPSA) is 47.3 Å². The van der Waals surface area contributed by atoms with Gasteiger partial charge in [-0.25, -0.2) is 0 Å². The molecule has 3 heteroatoms. The molecule has 1 aromatic heterocycles. The molecule has 2 saturated carbocycles. The predicted molar refractivity (Wildman–Crippen MR) is 130 cm³/mol. The van der Waals surface area contributed by atoms with E-state index in [1.54, 1.807) is 6.26 Å². The Morgan fingerprint density at radius 3 is 2.76 bits per heavy atom. The van der Waals surface area contributed by atoms with Gasteiger partial charge in [-0.1, -0.05) is 49.3 Å². The third kappa shape index (κ3) is 4.52. The zero-order valence-corrected chi connectivity index (χ0v) is 19.8. The van der Waals surface area contributed by atoms with E-state index in [-0.39, 0.29) is 11.7 Å². The first-order valence-corrected chi connectivity index (χ1v) is 13.0. The van der Waals surface area contributed by atoms with Crippen molar-refractivity contribution in [2.24, 2.45) is 29.6 Å². The van der Waals surface area contributed by atoms with Crippen molar-refractivity contribution in [1.82, 2.24) is 0 Å². The Hall–Kier alpha value is -2.42. The molecule has 4 aliphatic carbocycles. The molecule has 5 unspecified atom stereocenters. The lowest BCUT2D eigenvalue weighted by molar-refractivity contribution is -0.126. The lowest BCUT2D eigenvalue weighted by atomic mass is 9.68. The Balaban J connectivity index is 1.31. The molecule has 5 atom stereocenters. The van der Waals surface area contributed by atoms with Crippen molar-refractivity contribution in [3.8, 4) is 0 Å². The van der Waals surface area contributed by atoms with E-state index in [0.29, 0.717) is 42.3 Å². The Labute approximate surface area is 197 Å². The van der Waals surface area contributed by atoms with Gasteiger partial charge in [0.2, 0.25) is 0 Å². The summed E-state index contributed by atoms with van der Waals surface area (Å²) in [5.74, 6) is 3.74. The fourth-order valence-corrected chi connectivity index (χ4v) is 7.21. The van der Waals surface area contributed by atoms with Gasteiger partial charge in [0.15, 0.2) is 5.78 Å². The summed E-state index contributed by atoms with van der Waals surface area (Å²) in [6.45, 7) is 2.09. The van der Waals surface area contributed by atoms with Crippen LogP contribution in [0.25, 0.3) is 0 Å². The zero-order valence-electron chi connectivity index (χ0n) is 19.8. The Bertz CT molecular complexity index is 1000. The largest absolute Gasteiger partial charge is 0.469 e. The first-order valence-electron chi connectivity index (χ1n) is 13.0. The second-order valence-electron chi connectivity index (χ2n) is 10.4. The van der Waals surface area contributed by atoms with Crippen molar-refractivity contribution >= 4 is 11.6 Å². The molecule has 174 valence electrons. The van der Waals surface area contributed by atoms with E-state index in [2.05, 4.69) is 43.4 Å². The zero-order chi connectivity index (χ0) is 22.8. The van der Waals surface area contributed by atoms with E-state index in [4.69, 9.17) is 4.42 Å². The molecule has 0 N–H and O–H groups in total. The summed E-state index contributed by atoms with van der Waals surface area (Å²) in [6.07, 6.45) is 21.6. The molecule has 1 aromatic rings. The maximum absolute atomic E-state index is 13.6. The number of allylic oxidation sites excluding steroid dienone is 8. The highest BCUT2D eigenvalue weighted by Gasteiger charge is 2.50. The van der Waals surface area contributed by atoms with Crippen LogP contribution in [0.3, 0.4) is 0 Å². The number of ketones is 2. The van der Waals surface area contributed by atoms with Crippen molar-refractivity contribution in [2.45, 2.75) is 71.1 Å². The summed E-state index contributed by atoms with van der Waals surface area (Å²) >= 11 is 0. The average Bonchev–Trinajstić information content (AvgIpc) is 3.62. The van der Waals surface area contributed by atoms with E-state index in [9.17, 15) is 9.59 Å². The summed E-state index contributed by atoms with van der Waals surface area (Å²) in [7, 11) is 0. The van der Waals surface area contributed by atoms with Crippen molar-refractivity contribution in [3.63, 3.8) is 0 Å². The molecule has 0 radical (unpaired) electrons. The first kappa shape index (κ1) is 22.4. The van der Waals surface area contributed by atoms with Crippen LogP contribution >= 0.6 is 0 Å². The summed E-state index contributed by atoms with van der Waals surface area (Å²) in [4.78, 5) is 26.5. The summed E-state index contributed by atoms with van der Waals surface area (Å²) in [5, 5.41) is 0. The summed E-state index contributed by atoms with van der Waals surface area (Å²) < 4.78 is 5.68. The highest BCUT2D eigenvalue weighted by atomic mass is 16.3. The SMILES string of the molecule is CCC1=C(C(=O)CCC(=O)C2CC3C(Cc4ccco4)CCCC3C2C2=CC=CC2)CC=C1. The van der Waals surface area contributed by atoms with Gasteiger partial charge in [0, 0.05) is 30.8 Å². The molecule has 4 aliphatic rings. The van der Waals surface area contributed by atoms with Gasteiger partial charge in [0.25, 0.3) is 0 Å². The number of fused-ring (bicyclic) bond motifs is 1. The van der Waals surface area contributed by atoms with Gasteiger partial charge in [-0.2, -0.15) is 0 Å². The van der Waals surface area contributed by atoms with Crippen LogP contribution < -0.4 is 0 Å². The monoisotopic (exact) mass is 444 g/mol. The first-order chi connectivity index (χ1) is 16.2. The minimum Gasteiger partial charge on any atom is -0.469 e. The van der Waals surface area contributed by atoms with Crippen LogP contribution in [-0.4, -0.2) is 11.6 Å². The molecule has 0 spiro atoms. The molecular weight excluding hydrogens is 408 g/mol. The molecule has 33 heavy (non-hydrogen) atoms. The molecule has 0 aromatic carbocycles. The van der Waals surface area contributed by atoms with E-state index >= 15 is 0 Å². The van der Waals surface area contributed by atoms with Crippen LogP contribution in [-0.2, 0) is 16.0 Å². The Morgan fingerprint density at radius 2 is 2.00 bits per heavy atom. The van der Waals surface area contributed by atoms with E-state index < -0.39 is 0 Å². The number of furan rings is 1. The van der Waals surface area contributed by atoms with Gasteiger partial charge in [-0.15, -0.1) is 0 Å².